The van der Waals surface area contributed by atoms with Crippen LogP contribution in [0.1, 0.15) is 25.8 Å². The third-order valence-electron chi connectivity index (χ3n) is 3.67. The van der Waals surface area contributed by atoms with Crippen LogP contribution < -0.4 is 5.32 Å². The molecule has 1 aromatic rings. The number of urea groups is 1. The van der Waals surface area contributed by atoms with Crippen LogP contribution in [0.2, 0.25) is 5.02 Å². The SMILES string of the molecule is Cc1c(Cl)cccc1NC(=O)N1C[C@H](C)C[C@@H](C)C1. The van der Waals surface area contributed by atoms with Crippen LogP contribution in [0, 0.1) is 18.8 Å². The molecule has 0 saturated carbocycles. The Bertz CT molecular complexity index is 465. The number of amides is 2. The maximum absolute atomic E-state index is 12.3. The summed E-state index contributed by atoms with van der Waals surface area (Å²) in [6.07, 6.45) is 1.19. The normalized spacial score (nSPS) is 23.3. The van der Waals surface area contributed by atoms with Crippen molar-refractivity contribution in [2.45, 2.75) is 27.2 Å². The first-order chi connectivity index (χ1) is 8.97. The number of piperidine rings is 1. The number of rotatable bonds is 1. The Labute approximate surface area is 119 Å². The number of nitrogens with zero attached hydrogens (tertiary/aromatic N) is 1. The number of halogens is 1. The molecule has 1 aliphatic rings. The van der Waals surface area contributed by atoms with Gasteiger partial charge in [0.15, 0.2) is 0 Å². The van der Waals surface area contributed by atoms with E-state index < -0.39 is 0 Å². The number of hydrogen-bond donors (Lipinski definition) is 1. The van der Waals surface area contributed by atoms with Crippen LogP contribution in [0.5, 0.6) is 0 Å². The van der Waals surface area contributed by atoms with E-state index in [4.69, 9.17) is 11.6 Å². The zero-order valence-electron chi connectivity index (χ0n) is 11.7. The molecular weight excluding hydrogens is 260 g/mol. The topological polar surface area (TPSA) is 32.3 Å². The summed E-state index contributed by atoms with van der Waals surface area (Å²) >= 11 is 6.06. The molecule has 0 aliphatic carbocycles. The van der Waals surface area contributed by atoms with Crippen LogP contribution in [0.25, 0.3) is 0 Å². The van der Waals surface area contributed by atoms with Gasteiger partial charge in [-0.15, -0.1) is 0 Å². The molecule has 1 heterocycles. The van der Waals surface area contributed by atoms with Crippen molar-refractivity contribution in [1.82, 2.24) is 4.90 Å². The minimum absolute atomic E-state index is 0.0243. The number of benzene rings is 1. The van der Waals surface area contributed by atoms with Gasteiger partial charge in [-0.3, -0.25) is 0 Å². The largest absolute Gasteiger partial charge is 0.324 e. The van der Waals surface area contributed by atoms with E-state index in [2.05, 4.69) is 19.2 Å². The molecular formula is C15H21ClN2O. The van der Waals surface area contributed by atoms with Gasteiger partial charge in [-0.05, 0) is 42.9 Å². The smallest absolute Gasteiger partial charge is 0.321 e. The molecule has 0 radical (unpaired) electrons. The van der Waals surface area contributed by atoms with E-state index >= 15 is 0 Å². The highest BCUT2D eigenvalue weighted by molar-refractivity contribution is 6.31. The van der Waals surface area contributed by atoms with Crippen LogP contribution in [-0.2, 0) is 0 Å². The van der Waals surface area contributed by atoms with Crippen molar-refractivity contribution in [1.29, 1.82) is 0 Å². The quantitative estimate of drug-likeness (QED) is 0.823. The van der Waals surface area contributed by atoms with Crippen LogP contribution in [0.15, 0.2) is 18.2 Å². The lowest BCUT2D eigenvalue weighted by molar-refractivity contribution is 0.156. The van der Waals surface area contributed by atoms with Crippen LogP contribution in [0.3, 0.4) is 0 Å². The number of likely N-dealkylation sites (tertiary alicyclic amines) is 1. The second kappa shape index (κ2) is 5.83. The Morgan fingerprint density at radius 2 is 1.95 bits per heavy atom. The fourth-order valence-electron chi connectivity index (χ4n) is 2.77. The predicted octanol–water partition coefficient (Wildman–Crippen LogP) is 4.16. The summed E-state index contributed by atoms with van der Waals surface area (Å²) in [6, 6.07) is 5.55. The fourth-order valence-corrected chi connectivity index (χ4v) is 2.94. The number of carbonyl (C=O) groups is 1. The molecule has 0 aromatic heterocycles. The van der Waals surface area contributed by atoms with E-state index in [-0.39, 0.29) is 6.03 Å². The van der Waals surface area contributed by atoms with Crippen molar-refractivity contribution in [3.05, 3.63) is 28.8 Å². The number of carbonyl (C=O) groups excluding carboxylic acids is 1. The molecule has 1 saturated heterocycles. The number of anilines is 1. The van der Waals surface area contributed by atoms with Gasteiger partial charge in [-0.25, -0.2) is 4.79 Å². The zero-order chi connectivity index (χ0) is 14.0. The Morgan fingerprint density at radius 3 is 2.58 bits per heavy atom. The predicted molar refractivity (Wildman–Crippen MR) is 79.7 cm³/mol. The summed E-state index contributed by atoms with van der Waals surface area (Å²) in [7, 11) is 0. The Hall–Kier alpha value is -1.22. The molecule has 4 heteroatoms. The van der Waals surface area contributed by atoms with Crippen molar-refractivity contribution < 1.29 is 4.79 Å². The molecule has 1 aliphatic heterocycles. The molecule has 1 aromatic carbocycles. The molecule has 3 nitrogen and oxygen atoms in total. The van der Waals surface area contributed by atoms with Crippen LogP contribution >= 0.6 is 11.6 Å². The Kier molecular flexibility index (Phi) is 4.35. The molecule has 104 valence electrons. The van der Waals surface area contributed by atoms with Gasteiger partial charge in [0.25, 0.3) is 0 Å². The van der Waals surface area contributed by atoms with Gasteiger partial charge < -0.3 is 10.2 Å². The first-order valence-electron chi connectivity index (χ1n) is 6.78. The molecule has 1 fully saturated rings. The lowest BCUT2D eigenvalue weighted by Crippen LogP contribution is -2.44. The summed E-state index contributed by atoms with van der Waals surface area (Å²) in [5.41, 5.74) is 1.71. The van der Waals surface area contributed by atoms with Gasteiger partial charge in [0, 0.05) is 23.8 Å². The zero-order valence-corrected chi connectivity index (χ0v) is 12.5. The van der Waals surface area contributed by atoms with E-state index in [1.165, 1.54) is 6.42 Å². The summed E-state index contributed by atoms with van der Waals surface area (Å²) < 4.78 is 0. The summed E-state index contributed by atoms with van der Waals surface area (Å²) in [4.78, 5) is 14.2. The van der Waals surface area contributed by atoms with Gasteiger partial charge in [0.2, 0.25) is 0 Å². The first kappa shape index (κ1) is 14.2. The molecule has 19 heavy (non-hydrogen) atoms. The van der Waals surface area contributed by atoms with E-state index in [9.17, 15) is 4.79 Å². The molecule has 2 amide bonds. The van der Waals surface area contributed by atoms with Crippen LogP contribution in [0.4, 0.5) is 10.5 Å². The fraction of sp³-hybridized carbons (Fsp3) is 0.533. The Morgan fingerprint density at radius 1 is 1.32 bits per heavy atom. The molecule has 0 unspecified atom stereocenters. The third-order valence-corrected chi connectivity index (χ3v) is 4.07. The average molecular weight is 281 g/mol. The molecule has 2 atom stereocenters. The van der Waals surface area contributed by atoms with Gasteiger partial charge in [0.05, 0.1) is 0 Å². The van der Waals surface area contributed by atoms with Crippen molar-refractivity contribution in [3.8, 4) is 0 Å². The second-order valence-electron chi connectivity index (χ2n) is 5.69. The van der Waals surface area contributed by atoms with E-state index in [0.29, 0.717) is 16.9 Å². The summed E-state index contributed by atoms with van der Waals surface area (Å²) in [6.45, 7) is 7.96. The molecule has 2 rings (SSSR count). The van der Waals surface area contributed by atoms with Gasteiger partial charge in [-0.1, -0.05) is 31.5 Å². The van der Waals surface area contributed by atoms with E-state index in [0.717, 1.165) is 24.3 Å². The maximum atomic E-state index is 12.3. The summed E-state index contributed by atoms with van der Waals surface area (Å²) in [5, 5.41) is 3.64. The number of hydrogen-bond acceptors (Lipinski definition) is 1. The van der Waals surface area contributed by atoms with E-state index in [1.54, 1.807) is 0 Å². The Balaban J connectivity index is 2.06. The highest BCUT2D eigenvalue weighted by Crippen LogP contribution is 2.25. The average Bonchev–Trinajstić information content (AvgIpc) is 2.33. The monoisotopic (exact) mass is 280 g/mol. The molecule has 0 spiro atoms. The van der Waals surface area contributed by atoms with Crippen molar-refractivity contribution >= 4 is 23.3 Å². The highest BCUT2D eigenvalue weighted by Gasteiger charge is 2.25. The van der Waals surface area contributed by atoms with Gasteiger partial charge in [0.1, 0.15) is 0 Å². The molecule has 1 N–H and O–H groups in total. The maximum Gasteiger partial charge on any atom is 0.321 e. The van der Waals surface area contributed by atoms with Gasteiger partial charge >= 0.3 is 6.03 Å². The van der Waals surface area contributed by atoms with E-state index in [1.807, 2.05) is 30.0 Å². The standard InChI is InChI=1S/C15H21ClN2O/c1-10-7-11(2)9-18(8-10)15(19)17-14-6-4-5-13(16)12(14)3/h4-6,10-11H,7-9H2,1-3H3,(H,17,19)/t10-,11-/m1/s1. The second-order valence-corrected chi connectivity index (χ2v) is 6.10. The number of nitrogens with one attached hydrogen (secondary N) is 1. The highest BCUT2D eigenvalue weighted by atomic mass is 35.5. The third kappa shape index (κ3) is 3.41. The van der Waals surface area contributed by atoms with Crippen LogP contribution in [-0.4, -0.2) is 24.0 Å². The summed E-state index contributed by atoms with van der Waals surface area (Å²) in [5.74, 6) is 1.13. The lowest BCUT2D eigenvalue weighted by atomic mass is 9.92. The van der Waals surface area contributed by atoms with Crippen molar-refractivity contribution in [2.75, 3.05) is 18.4 Å². The minimum atomic E-state index is -0.0243. The first-order valence-corrected chi connectivity index (χ1v) is 7.16. The van der Waals surface area contributed by atoms with Crippen molar-refractivity contribution in [2.24, 2.45) is 11.8 Å². The molecule has 0 bridgehead atoms. The lowest BCUT2D eigenvalue weighted by Gasteiger charge is -2.35. The van der Waals surface area contributed by atoms with Crippen molar-refractivity contribution in [3.63, 3.8) is 0 Å². The van der Waals surface area contributed by atoms with Gasteiger partial charge in [-0.2, -0.15) is 0 Å². The minimum Gasteiger partial charge on any atom is -0.324 e.